The number of benzene rings is 4. The molecule has 4 rings (SSSR count). The average Bonchev–Trinajstić information content (AvgIpc) is 2.99. The number of carbonyl (C=O) groups excluding carboxylic acids is 3. The molecule has 4 aromatic carbocycles. The summed E-state index contributed by atoms with van der Waals surface area (Å²) in [5.74, 6) is -1.28. The second kappa shape index (κ2) is 14.4. The first-order valence-corrected chi connectivity index (χ1v) is 15.8. The predicted octanol–water partition coefficient (Wildman–Crippen LogP) is 5.78. The summed E-state index contributed by atoms with van der Waals surface area (Å²) in [6, 6.07) is 25.7. The maximum Gasteiger partial charge on any atom is 0.272 e. The van der Waals surface area contributed by atoms with Gasteiger partial charge in [0.2, 0.25) is 15.9 Å². The minimum absolute atomic E-state index is 0.0507. The molecule has 0 atom stereocenters. The molecule has 0 heterocycles. The fraction of sp³-hybridized carbons (Fsp3) is 0.0333. The van der Waals surface area contributed by atoms with Crippen LogP contribution in [0, 0.1) is 0 Å². The number of nitrogens with two attached hydrogens (primary N) is 1. The summed E-state index contributed by atoms with van der Waals surface area (Å²) in [6.07, 6.45) is 1.44. The number of sulfonamides is 1. The van der Waals surface area contributed by atoms with Crippen molar-refractivity contribution >= 4 is 80.2 Å². The van der Waals surface area contributed by atoms with E-state index in [0.29, 0.717) is 27.5 Å². The highest BCUT2D eigenvalue weighted by atomic mass is 35.5. The van der Waals surface area contributed by atoms with E-state index in [9.17, 15) is 22.8 Å². The van der Waals surface area contributed by atoms with E-state index in [1.54, 1.807) is 72.8 Å². The molecule has 0 aliphatic rings. The normalized spacial score (nSPS) is 11.5. The van der Waals surface area contributed by atoms with Crippen LogP contribution in [0.4, 0.5) is 11.4 Å². The van der Waals surface area contributed by atoms with Crippen molar-refractivity contribution in [3.8, 4) is 0 Å². The topological polar surface area (TPSA) is 147 Å². The standard InChI is InChI=1S/C30H24Cl2N4O5S2/c31-25-8-4-7-20(28(25)32)17-26(36-29(38)19-5-2-1-3-6-19)30(39)35-22-9-13-23(14-10-22)42-18-27(37)34-21-11-15-24(16-12-21)43(33,40)41/h1-17H,18H2,(H,34,37)(H,35,39)(H,36,38)(H2,33,40,41)/b26-17-. The first kappa shape index (κ1) is 31.8. The van der Waals surface area contributed by atoms with Crippen molar-refractivity contribution in [3.63, 3.8) is 0 Å². The summed E-state index contributed by atoms with van der Waals surface area (Å²) >= 11 is 13.7. The predicted molar refractivity (Wildman–Crippen MR) is 171 cm³/mol. The van der Waals surface area contributed by atoms with Crippen LogP contribution in [0.3, 0.4) is 0 Å². The van der Waals surface area contributed by atoms with Crippen LogP contribution in [0.25, 0.3) is 6.08 Å². The Morgan fingerprint density at radius 3 is 2.07 bits per heavy atom. The zero-order chi connectivity index (χ0) is 31.0. The van der Waals surface area contributed by atoms with Gasteiger partial charge in [0.05, 0.1) is 20.7 Å². The van der Waals surface area contributed by atoms with Gasteiger partial charge >= 0.3 is 0 Å². The van der Waals surface area contributed by atoms with E-state index in [-0.39, 0.29) is 27.3 Å². The molecule has 0 fully saturated rings. The first-order chi connectivity index (χ1) is 20.5. The molecule has 0 saturated heterocycles. The van der Waals surface area contributed by atoms with E-state index in [2.05, 4.69) is 16.0 Å². The zero-order valence-electron chi connectivity index (χ0n) is 22.2. The lowest BCUT2D eigenvalue weighted by Crippen LogP contribution is -2.30. The van der Waals surface area contributed by atoms with Crippen molar-refractivity contribution in [2.24, 2.45) is 5.14 Å². The lowest BCUT2D eigenvalue weighted by molar-refractivity contribution is -0.114. The Labute approximate surface area is 262 Å². The summed E-state index contributed by atoms with van der Waals surface area (Å²) in [6.45, 7) is 0. The van der Waals surface area contributed by atoms with Crippen molar-refractivity contribution in [1.82, 2.24) is 5.32 Å². The molecule has 0 radical (unpaired) electrons. The van der Waals surface area contributed by atoms with E-state index in [1.807, 2.05) is 0 Å². The van der Waals surface area contributed by atoms with E-state index in [1.165, 1.54) is 42.1 Å². The summed E-state index contributed by atoms with van der Waals surface area (Å²) in [5, 5.41) is 13.7. The molecule has 0 unspecified atom stereocenters. The quantitative estimate of drug-likeness (QED) is 0.126. The number of carbonyl (C=O) groups is 3. The van der Waals surface area contributed by atoms with Gasteiger partial charge < -0.3 is 16.0 Å². The summed E-state index contributed by atoms with van der Waals surface area (Å²) < 4.78 is 22.7. The minimum atomic E-state index is -3.82. The van der Waals surface area contributed by atoms with E-state index < -0.39 is 21.8 Å². The fourth-order valence-electron chi connectivity index (χ4n) is 3.64. The SMILES string of the molecule is NS(=O)(=O)c1ccc(NC(=O)CSc2ccc(NC(=O)/C(=C/c3cccc(Cl)c3Cl)NC(=O)c3ccccc3)cc2)cc1. The van der Waals surface area contributed by atoms with Crippen molar-refractivity contribution in [3.05, 3.63) is 124 Å². The van der Waals surface area contributed by atoms with Gasteiger partial charge in [0, 0.05) is 21.8 Å². The van der Waals surface area contributed by atoms with Crippen LogP contribution in [0.5, 0.6) is 0 Å². The van der Waals surface area contributed by atoms with E-state index >= 15 is 0 Å². The number of hydrogen-bond acceptors (Lipinski definition) is 6. The molecular formula is C30H24Cl2N4O5S2. The summed E-state index contributed by atoms with van der Waals surface area (Å²) in [4.78, 5) is 39.2. The molecule has 0 spiro atoms. The maximum atomic E-state index is 13.3. The summed E-state index contributed by atoms with van der Waals surface area (Å²) in [5.41, 5.74) is 1.64. The number of rotatable bonds is 10. The van der Waals surface area contributed by atoms with Crippen LogP contribution >= 0.6 is 35.0 Å². The second-order valence-corrected chi connectivity index (χ2v) is 12.3. The van der Waals surface area contributed by atoms with Gasteiger partial charge in [-0.1, -0.05) is 53.5 Å². The Bertz CT molecular complexity index is 1780. The van der Waals surface area contributed by atoms with Gasteiger partial charge in [0.25, 0.3) is 11.8 Å². The molecule has 0 aliphatic carbocycles. The lowest BCUT2D eigenvalue weighted by Gasteiger charge is -2.12. The van der Waals surface area contributed by atoms with Crippen molar-refractivity contribution in [1.29, 1.82) is 0 Å². The third-order valence-corrected chi connectivity index (χ3v) is 8.53. The third kappa shape index (κ3) is 9.18. The van der Waals surface area contributed by atoms with Crippen LogP contribution in [0.1, 0.15) is 15.9 Å². The van der Waals surface area contributed by atoms with E-state index in [4.69, 9.17) is 28.3 Å². The minimum Gasteiger partial charge on any atom is -0.325 e. The zero-order valence-corrected chi connectivity index (χ0v) is 25.4. The molecule has 4 aromatic rings. The van der Waals surface area contributed by atoms with Crippen LogP contribution in [-0.4, -0.2) is 31.9 Å². The van der Waals surface area contributed by atoms with Crippen molar-refractivity contribution < 1.29 is 22.8 Å². The van der Waals surface area contributed by atoms with Gasteiger partial charge in [-0.2, -0.15) is 0 Å². The fourth-order valence-corrected chi connectivity index (χ4v) is 5.21. The lowest BCUT2D eigenvalue weighted by atomic mass is 10.1. The monoisotopic (exact) mass is 654 g/mol. The van der Waals surface area contributed by atoms with Crippen LogP contribution in [0.2, 0.25) is 10.0 Å². The molecule has 3 amide bonds. The number of nitrogens with one attached hydrogen (secondary N) is 3. The average molecular weight is 656 g/mol. The molecule has 0 aliphatic heterocycles. The highest BCUT2D eigenvalue weighted by molar-refractivity contribution is 8.00. The van der Waals surface area contributed by atoms with Crippen LogP contribution in [-0.2, 0) is 19.6 Å². The first-order valence-electron chi connectivity index (χ1n) is 12.5. The second-order valence-electron chi connectivity index (χ2n) is 8.91. The number of amides is 3. The van der Waals surface area contributed by atoms with Gasteiger partial charge in [-0.3, -0.25) is 14.4 Å². The third-order valence-electron chi connectivity index (χ3n) is 5.76. The molecule has 13 heteroatoms. The molecule has 5 N–H and O–H groups in total. The number of anilines is 2. The van der Waals surface area contributed by atoms with Crippen LogP contribution in [0.15, 0.2) is 113 Å². The van der Waals surface area contributed by atoms with E-state index in [0.717, 1.165) is 4.90 Å². The van der Waals surface area contributed by atoms with Gasteiger partial charge in [0.15, 0.2) is 0 Å². The molecular weight excluding hydrogens is 631 g/mol. The molecule has 43 heavy (non-hydrogen) atoms. The number of halogens is 2. The van der Waals surface area contributed by atoms with Gasteiger partial charge in [-0.05, 0) is 78.4 Å². The molecule has 0 saturated carbocycles. The Kier molecular flexibility index (Phi) is 10.6. The molecule has 9 nitrogen and oxygen atoms in total. The number of hydrogen-bond donors (Lipinski definition) is 4. The highest BCUT2D eigenvalue weighted by Crippen LogP contribution is 2.27. The van der Waals surface area contributed by atoms with Crippen molar-refractivity contribution in [2.45, 2.75) is 9.79 Å². The maximum absolute atomic E-state index is 13.3. The summed E-state index contributed by atoms with van der Waals surface area (Å²) in [7, 11) is -3.82. The van der Waals surface area contributed by atoms with Gasteiger partial charge in [-0.15, -0.1) is 11.8 Å². The van der Waals surface area contributed by atoms with Crippen molar-refractivity contribution in [2.75, 3.05) is 16.4 Å². The molecule has 0 aromatic heterocycles. The smallest absolute Gasteiger partial charge is 0.272 e. The van der Waals surface area contributed by atoms with Crippen LogP contribution < -0.4 is 21.1 Å². The Morgan fingerprint density at radius 2 is 1.42 bits per heavy atom. The molecule has 0 bridgehead atoms. The van der Waals surface area contributed by atoms with Gasteiger partial charge in [-0.25, -0.2) is 13.6 Å². The Balaban J connectivity index is 1.40. The van der Waals surface area contributed by atoms with Gasteiger partial charge in [0.1, 0.15) is 5.70 Å². The largest absolute Gasteiger partial charge is 0.325 e. The number of thioether (sulfide) groups is 1. The molecule has 220 valence electrons. The Hall–Kier alpha value is -4.13. The highest BCUT2D eigenvalue weighted by Gasteiger charge is 2.16. The number of primary sulfonamides is 1. The Morgan fingerprint density at radius 1 is 0.791 bits per heavy atom.